The van der Waals surface area contributed by atoms with Gasteiger partial charge in [-0.05, 0) is 18.6 Å². The molecule has 1 aromatic rings. The molecule has 0 amide bonds. The maximum Gasteiger partial charge on any atom is 0.0428 e. The first-order valence-electron chi connectivity index (χ1n) is 7.37. The van der Waals surface area contributed by atoms with Crippen molar-refractivity contribution in [3.05, 3.63) is 30.6 Å². The number of aliphatic hydroxyl groups excluding tert-OH is 1. The highest BCUT2D eigenvalue weighted by Gasteiger charge is 1.58. The van der Waals surface area contributed by atoms with Gasteiger partial charge in [0.2, 0.25) is 0 Å². The van der Waals surface area contributed by atoms with Gasteiger partial charge in [0.05, 0.1) is 0 Å². The van der Waals surface area contributed by atoms with E-state index in [0.717, 1.165) is 6.42 Å². The fraction of sp³-hybridized carbons (Fsp3) is 0.688. The van der Waals surface area contributed by atoms with Gasteiger partial charge in [0.15, 0.2) is 0 Å². The number of aromatic nitrogens is 1. The average molecular weight is 259 g/mol. The van der Waals surface area contributed by atoms with E-state index in [-0.39, 0.29) is 0 Å². The molecule has 1 rings (SSSR count). The van der Waals surface area contributed by atoms with E-state index in [1.807, 2.05) is 80.5 Å². The van der Waals surface area contributed by atoms with Crippen LogP contribution >= 0.6 is 0 Å². The summed E-state index contributed by atoms with van der Waals surface area (Å²) in [7, 11) is 0. The molecule has 112 valence electrons. The molecule has 0 unspecified atom stereocenters. The Kier molecular flexibility index (Phi) is 122. The van der Waals surface area contributed by atoms with Crippen molar-refractivity contribution in [1.82, 2.24) is 4.98 Å². The number of aliphatic hydroxyl groups is 1. The molecule has 1 heterocycles. The molecule has 2 nitrogen and oxygen atoms in total. The Hall–Kier alpha value is -0.890. The van der Waals surface area contributed by atoms with Gasteiger partial charge >= 0.3 is 0 Å². The highest BCUT2D eigenvalue weighted by Crippen LogP contribution is 1.73. The van der Waals surface area contributed by atoms with Crippen molar-refractivity contribution in [3.63, 3.8) is 0 Å². The van der Waals surface area contributed by atoms with Gasteiger partial charge in [-0.15, -0.1) is 0 Å². The predicted octanol–water partition coefficient (Wildman–Crippen LogP) is 5.58. The highest BCUT2D eigenvalue weighted by molar-refractivity contribution is 4.88. The molecule has 1 aromatic heterocycles. The van der Waals surface area contributed by atoms with Crippen molar-refractivity contribution in [2.75, 3.05) is 6.61 Å². The van der Waals surface area contributed by atoms with Gasteiger partial charge in [0.25, 0.3) is 0 Å². The van der Waals surface area contributed by atoms with Crippen LogP contribution in [-0.4, -0.2) is 16.7 Å². The minimum Gasteiger partial charge on any atom is -0.396 e. The summed E-state index contributed by atoms with van der Waals surface area (Å²) in [6.45, 7) is 18.2. The summed E-state index contributed by atoms with van der Waals surface area (Å²) in [5.41, 5.74) is 0. The van der Waals surface area contributed by atoms with E-state index in [2.05, 4.69) is 4.98 Å². The molecule has 0 bridgehead atoms. The summed E-state index contributed by atoms with van der Waals surface area (Å²) in [5, 5.41) is 7.88. The fourth-order valence-electron chi connectivity index (χ4n) is 0.313. The summed E-state index contributed by atoms with van der Waals surface area (Å²) in [4.78, 5) is 3.78. The van der Waals surface area contributed by atoms with E-state index in [9.17, 15) is 0 Å². The molecule has 0 saturated heterocycles. The van der Waals surface area contributed by atoms with Crippen LogP contribution < -0.4 is 0 Å². The Morgan fingerprint density at radius 1 is 0.722 bits per heavy atom. The quantitative estimate of drug-likeness (QED) is 0.714. The third-order valence-corrected chi connectivity index (χ3v) is 0.790. The lowest BCUT2D eigenvalue weighted by Crippen LogP contribution is -1.69. The lowest BCUT2D eigenvalue weighted by Gasteiger charge is -1.70. The molecule has 0 atom stereocenters. The van der Waals surface area contributed by atoms with Crippen molar-refractivity contribution in [2.24, 2.45) is 0 Å². The first-order valence-corrected chi connectivity index (χ1v) is 7.37. The summed E-state index contributed by atoms with van der Waals surface area (Å²) < 4.78 is 0. The molecule has 0 fully saturated rings. The van der Waals surface area contributed by atoms with Gasteiger partial charge < -0.3 is 5.11 Å². The monoisotopic (exact) mass is 259 g/mol. The standard InChI is InChI=1S/C5H5N.C3H8O.4C2H6/c1-2-4-6-5-3-1;1-2-3-4;4*1-2/h1-5H;4H,2-3H2,1H3;4*1-2H3. The maximum atomic E-state index is 7.88. The van der Waals surface area contributed by atoms with Gasteiger partial charge in [-0.2, -0.15) is 0 Å². The van der Waals surface area contributed by atoms with Crippen LogP contribution in [0, 0.1) is 0 Å². The van der Waals surface area contributed by atoms with Gasteiger partial charge in [0, 0.05) is 19.0 Å². The molecule has 0 radical (unpaired) electrons. The lowest BCUT2D eigenvalue weighted by atomic mass is 10.5. The SMILES string of the molecule is CC.CC.CC.CC.CCCO.c1ccncc1. The zero-order valence-electron chi connectivity index (χ0n) is 14.2. The van der Waals surface area contributed by atoms with Crippen LogP contribution in [0.25, 0.3) is 0 Å². The van der Waals surface area contributed by atoms with Crippen molar-refractivity contribution in [3.8, 4) is 0 Å². The largest absolute Gasteiger partial charge is 0.396 e. The summed E-state index contributed by atoms with van der Waals surface area (Å²) in [6, 6.07) is 5.72. The first-order chi connectivity index (χ1) is 8.91. The highest BCUT2D eigenvalue weighted by atomic mass is 16.2. The molecule has 2 heteroatoms. The van der Waals surface area contributed by atoms with E-state index >= 15 is 0 Å². The summed E-state index contributed by atoms with van der Waals surface area (Å²) in [5.74, 6) is 0. The van der Waals surface area contributed by atoms with Crippen LogP contribution in [0.1, 0.15) is 68.7 Å². The van der Waals surface area contributed by atoms with Crippen LogP contribution in [0.5, 0.6) is 0 Å². The number of rotatable bonds is 1. The van der Waals surface area contributed by atoms with Crippen molar-refractivity contribution < 1.29 is 5.11 Å². The number of hydrogen-bond acceptors (Lipinski definition) is 2. The zero-order chi connectivity index (χ0) is 15.7. The van der Waals surface area contributed by atoms with Crippen molar-refractivity contribution >= 4 is 0 Å². The average Bonchev–Trinajstić information content (AvgIpc) is 2.57. The van der Waals surface area contributed by atoms with Crippen LogP contribution in [0.4, 0.5) is 0 Å². The Morgan fingerprint density at radius 2 is 1.00 bits per heavy atom. The molecule has 0 spiro atoms. The van der Waals surface area contributed by atoms with E-state index in [1.54, 1.807) is 12.4 Å². The van der Waals surface area contributed by atoms with Gasteiger partial charge in [-0.3, -0.25) is 4.98 Å². The molecule has 0 aromatic carbocycles. The minimum atomic E-state index is 0.319. The number of pyridine rings is 1. The Balaban J connectivity index is -0.0000000418. The fourth-order valence-corrected chi connectivity index (χ4v) is 0.313. The van der Waals surface area contributed by atoms with E-state index in [1.165, 1.54) is 0 Å². The molecule has 1 N–H and O–H groups in total. The normalized spacial score (nSPS) is 5.67. The second-order valence-electron chi connectivity index (χ2n) is 1.75. The second-order valence-corrected chi connectivity index (χ2v) is 1.75. The van der Waals surface area contributed by atoms with Crippen LogP contribution in [0.3, 0.4) is 0 Å². The summed E-state index contributed by atoms with van der Waals surface area (Å²) in [6.07, 6.45) is 4.38. The maximum absolute atomic E-state index is 7.88. The zero-order valence-corrected chi connectivity index (χ0v) is 14.2. The molecule has 0 aliphatic heterocycles. The van der Waals surface area contributed by atoms with Gasteiger partial charge in [0.1, 0.15) is 0 Å². The molecule has 0 aliphatic carbocycles. The van der Waals surface area contributed by atoms with Crippen LogP contribution in [0.2, 0.25) is 0 Å². The van der Waals surface area contributed by atoms with E-state index in [4.69, 9.17) is 5.11 Å². The Morgan fingerprint density at radius 3 is 1.06 bits per heavy atom. The molecular weight excluding hydrogens is 222 g/mol. The van der Waals surface area contributed by atoms with Gasteiger partial charge in [-0.25, -0.2) is 0 Å². The third kappa shape index (κ3) is 80.6. The first kappa shape index (κ1) is 30.3. The molecule has 18 heavy (non-hydrogen) atoms. The number of hydrogen-bond donors (Lipinski definition) is 1. The van der Waals surface area contributed by atoms with Gasteiger partial charge in [-0.1, -0.05) is 68.4 Å². The van der Waals surface area contributed by atoms with E-state index < -0.39 is 0 Å². The predicted molar refractivity (Wildman–Crippen MR) is 87.0 cm³/mol. The molecular formula is C16H37NO. The summed E-state index contributed by atoms with van der Waals surface area (Å²) >= 11 is 0. The third-order valence-electron chi connectivity index (χ3n) is 0.790. The molecule has 0 aliphatic rings. The number of nitrogens with zero attached hydrogens (tertiary/aromatic N) is 1. The smallest absolute Gasteiger partial charge is 0.0428 e. The molecule has 0 saturated carbocycles. The minimum absolute atomic E-state index is 0.319. The Labute approximate surface area is 116 Å². The van der Waals surface area contributed by atoms with Crippen LogP contribution in [0.15, 0.2) is 30.6 Å². The van der Waals surface area contributed by atoms with E-state index in [0.29, 0.717) is 6.61 Å². The van der Waals surface area contributed by atoms with Crippen molar-refractivity contribution in [1.29, 1.82) is 0 Å². The Bertz CT molecular complexity index is 103. The topological polar surface area (TPSA) is 33.1 Å². The van der Waals surface area contributed by atoms with Crippen LogP contribution in [-0.2, 0) is 0 Å². The lowest BCUT2D eigenvalue weighted by molar-refractivity contribution is 0.295. The van der Waals surface area contributed by atoms with Crippen molar-refractivity contribution in [2.45, 2.75) is 68.7 Å². The second kappa shape index (κ2) is 72.8.